The number of phenols is 1. The molecule has 0 aliphatic heterocycles. The van der Waals surface area contributed by atoms with Crippen molar-refractivity contribution >= 4 is 0 Å². The average Bonchev–Trinajstić information content (AvgIpc) is 2.76. The number of hydrogen-bond acceptors (Lipinski definition) is 4. The number of nitrogens with two attached hydrogens (primary N) is 1. The van der Waals surface area contributed by atoms with E-state index in [9.17, 15) is 0 Å². The lowest BCUT2D eigenvalue weighted by atomic mass is 10.2. The molecule has 1 aromatic heterocycles. The fourth-order valence-corrected chi connectivity index (χ4v) is 1.43. The number of hydrogen-bond donors (Lipinski definition) is 2. The highest BCUT2D eigenvalue weighted by Crippen LogP contribution is 2.13. The molecular weight excluding hydrogens is 204 g/mol. The van der Waals surface area contributed by atoms with Crippen molar-refractivity contribution in [3.63, 3.8) is 0 Å². The summed E-state index contributed by atoms with van der Waals surface area (Å²) in [5.41, 5.74) is 7.24. The van der Waals surface area contributed by atoms with Crippen LogP contribution in [0.5, 0.6) is 5.75 Å². The zero-order chi connectivity index (χ0) is 11.4. The third-order valence-corrected chi connectivity index (χ3v) is 2.29. The molecule has 1 aromatic carbocycles. The molecule has 0 radical (unpaired) electrons. The van der Waals surface area contributed by atoms with Crippen LogP contribution in [-0.4, -0.2) is 26.6 Å². The van der Waals surface area contributed by atoms with E-state index >= 15 is 0 Å². The monoisotopic (exact) mass is 218 g/mol. The second-order valence-electron chi connectivity index (χ2n) is 3.56. The highest BCUT2D eigenvalue weighted by molar-refractivity contribution is 5.35. The third kappa shape index (κ3) is 2.38. The number of benzene rings is 1. The van der Waals surface area contributed by atoms with Crippen molar-refractivity contribution in [2.45, 2.75) is 12.8 Å². The molecular formula is C11H14N4O. The molecule has 0 aliphatic carbocycles. The Labute approximate surface area is 93.5 Å². The molecule has 0 aliphatic rings. The van der Waals surface area contributed by atoms with Gasteiger partial charge in [-0.15, -0.1) is 5.10 Å². The Bertz CT molecular complexity index is 449. The van der Waals surface area contributed by atoms with Crippen LogP contribution < -0.4 is 5.73 Å². The van der Waals surface area contributed by atoms with Gasteiger partial charge < -0.3 is 10.8 Å². The van der Waals surface area contributed by atoms with Crippen molar-refractivity contribution in [1.29, 1.82) is 0 Å². The molecule has 0 bridgehead atoms. The molecule has 3 N–H and O–H groups in total. The number of nitrogens with zero attached hydrogens (tertiary/aromatic N) is 3. The Morgan fingerprint density at radius 1 is 1.25 bits per heavy atom. The van der Waals surface area contributed by atoms with Crippen LogP contribution in [0.4, 0.5) is 0 Å². The number of aryl methyl sites for hydroxylation is 1. The molecule has 2 rings (SSSR count). The second kappa shape index (κ2) is 4.76. The summed E-state index contributed by atoms with van der Waals surface area (Å²) in [6.07, 6.45) is 3.63. The molecule has 5 heteroatoms. The minimum Gasteiger partial charge on any atom is -0.508 e. The molecule has 84 valence electrons. The van der Waals surface area contributed by atoms with Gasteiger partial charge in [0.2, 0.25) is 0 Å². The molecule has 0 unspecified atom stereocenters. The Kier molecular flexibility index (Phi) is 3.16. The fraction of sp³-hybridized carbons (Fsp3) is 0.273. The Balaban J connectivity index is 2.15. The van der Waals surface area contributed by atoms with Crippen LogP contribution >= 0.6 is 0 Å². The summed E-state index contributed by atoms with van der Waals surface area (Å²) in [6, 6.07) is 6.82. The van der Waals surface area contributed by atoms with Gasteiger partial charge in [-0.3, -0.25) is 0 Å². The summed E-state index contributed by atoms with van der Waals surface area (Å²) in [5.74, 6) is 0.243. The van der Waals surface area contributed by atoms with Crippen LogP contribution in [0.2, 0.25) is 0 Å². The van der Waals surface area contributed by atoms with E-state index in [1.807, 2.05) is 6.20 Å². The topological polar surface area (TPSA) is 77.0 Å². The quantitative estimate of drug-likeness (QED) is 0.798. The van der Waals surface area contributed by atoms with Gasteiger partial charge in [-0.1, -0.05) is 5.21 Å². The molecule has 0 atom stereocenters. The maximum atomic E-state index is 9.17. The standard InChI is InChI=1S/C11H14N4O/c12-7-1-2-9-8-15(14-13-9)10-3-5-11(16)6-4-10/h3-6,8,16H,1-2,7,12H2. The third-order valence-electron chi connectivity index (χ3n) is 2.29. The molecule has 0 saturated carbocycles. The van der Waals surface area contributed by atoms with Crippen molar-refractivity contribution < 1.29 is 5.11 Å². The number of aromatic hydroxyl groups is 1. The molecule has 16 heavy (non-hydrogen) atoms. The molecule has 0 spiro atoms. The van der Waals surface area contributed by atoms with E-state index in [4.69, 9.17) is 10.8 Å². The first-order valence-electron chi connectivity index (χ1n) is 5.20. The zero-order valence-electron chi connectivity index (χ0n) is 8.87. The summed E-state index contributed by atoms with van der Waals surface area (Å²) < 4.78 is 1.69. The van der Waals surface area contributed by atoms with Crippen LogP contribution in [0.3, 0.4) is 0 Å². The van der Waals surface area contributed by atoms with E-state index in [-0.39, 0.29) is 5.75 Å². The Hall–Kier alpha value is -1.88. The zero-order valence-corrected chi connectivity index (χ0v) is 8.87. The van der Waals surface area contributed by atoms with Gasteiger partial charge in [-0.2, -0.15) is 0 Å². The molecule has 0 fully saturated rings. The summed E-state index contributed by atoms with van der Waals surface area (Å²) >= 11 is 0. The lowest BCUT2D eigenvalue weighted by Crippen LogP contribution is -2.00. The van der Waals surface area contributed by atoms with Gasteiger partial charge in [0.1, 0.15) is 5.75 Å². The molecule has 0 amide bonds. The molecule has 5 nitrogen and oxygen atoms in total. The molecule has 0 saturated heterocycles. The van der Waals surface area contributed by atoms with Crippen molar-refractivity contribution in [2.24, 2.45) is 5.73 Å². The summed E-state index contributed by atoms with van der Waals surface area (Å²) in [4.78, 5) is 0. The van der Waals surface area contributed by atoms with Crippen LogP contribution in [0.25, 0.3) is 5.69 Å². The van der Waals surface area contributed by atoms with Gasteiger partial charge in [0.05, 0.1) is 17.6 Å². The van der Waals surface area contributed by atoms with Gasteiger partial charge in [-0.25, -0.2) is 4.68 Å². The minimum atomic E-state index is 0.243. The van der Waals surface area contributed by atoms with Crippen LogP contribution in [0, 0.1) is 0 Å². The normalized spacial score (nSPS) is 10.6. The SMILES string of the molecule is NCCCc1cn(-c2ccc(O)cc2)nn1. The van der Waals surface area contributed by atoms with Crippen molar-refractivity contribution in [1.82, 2.24) is 15.0 Å². The summed E-state index contributed by atoms with van der Waals surface area (Å²) in [7, 11) is 0. The van der Waals surface area contributed by atoms with E-state index in [0.717, 1.165) is 24.2 Å². The van der Waals surface area contributed by atoms with Crippen LogP contribution in [-0.2, 0) is 6.42 Å². The summed E-state index contributed by atoms with van der Waals surface area (Å²) in [5, 5.41) is 17.2. The highest BCUT2D eigenvalue weighted by Gasteiger charge is 2.02. The largest absolute Gasteiger partial charge is 0.508 e. The Morgan fingerprint density at radius 2 is 2.00 bits per heavy atom. The van der Waals surface area contributed by atoms with E-state index in [1.54, 1.807) is 28.9 Å². The first-order chi connectivity index (χ1) is 7.79. The number of rotatable bonds is 4. The van der Waals surface area contributed by atoms with Crippen LogP contribution in [0.15, 0.2) is 30.5 Å². The van der Waals surface area contributed by atoms with Gasteiger partial charge >= 0.3 is 0 Å². The predicted molar refractivity (Wildman–Crippen MR) is 60.4 cm³/mol. The highest BCUT2D eigenvalue weighted by atomic mass is 16.3. The maximum Gasteiger partial charge on any atom is 0.115 e. The maximum absolute atomic E-state index is 9.17. The summed E-state index contributed by atoms with van der Waals surface area (Å²) in [6.45, 7) is 0.659. The molecule has 1 heterocycles. The van der Waals surface area contributed by atoms with E-state index in [2.05, 4.69) is 10.3 Å². The molecule has 2 aromatic rings. The van der Waals surface area contributed by atoms with Crippen molar-refractivity contribution in [3.05, 3.63) is 36.2 Å². The van der Waals surface area contributed by atoms with E-state index in [1.165, 1.54) is 0 Å². The first-order valence-corrected chi connectivity index (χ1v) is 5.20. The van der Waals surface area contributed by atoms with Gasteiger partial charge in [0, 0.05) is 0 Å². The average molecular weight is 218 g/mol. The number of aromatic nitrogens is 3. The minimum absolute atomic E-state index is 0.243. The Morgan fingerprint density at radius 3 is 2.69 bits per heavy atom. The van der Waals surface area contributed by atoms with Gasteiger partial charge in [0.15, 0.2) is 0 Å². The van der Waals surface area contributed by atoms with Gasteiger partial charge in [-0.05, 0) is 43.7 Å². The van der Waals surface area contributed by atoms with E-state index < -0.39 is 0 Å². The lowest BCUT2D eigenvalue weighted by molar-refractivity contribution is 0.475. The van der Waals surface area contributed by atoms with Gasteiger partial charge in [0.25, 0.3) is 0 Å². The van der Waals surface area contributed by atoms with E-state index in [0.29, 0.717) is 6.54 Å². The lowest BCUT2D eigenvalue weighted by Gasteiger charge is -1.98. The predicted octanol–water partition coefficient (Wildman–Crippen LogP) is 0.864. The van der Waals surface area contributed by atoms with Crippen molar-refractivity contribution in [3.8, 4) is 11.4 Å². The van der Waals surface area contributed by atoms with Crippen molar-refractivity contribution in [2.75, 3.05) is 6.54 Å². The fourth-order valence-electron chi connectivity index (χ4n) is 1.43. The second-order valence-corrected chi connectivity index (χ2v) is 3.56. The smallest absolute Gasteiger partial charge is 0.115 e. The van der Waals surface area contributed by atoms with Crippen LogP contribution in [0.1, 0.15) is 12.1 Å². The first kappa shape index (κ1) is 10.6. The number of phenolic OH excluding ortho intramolecular Hbond substituents is 1.